The summed E-state index contributed by atoms with van der Waals surface area (Å²) in [6, 6.07) is 0.254. The Morgan fingerprint density at radius 2 is 1.85 bits per heavy atom. The molecule has 2 saturated heterocycles. The molecule has 0 spiro atoms. The molecule has 1 unspecified atom stereocenters. The maximum atomic E-state index is 12.6. The second-order valence-corrected chi connectivity index (χ2v) is 6.75. The third-order valence-corrected chi connectivity index (χ3v) is 4.93. The molecule has 3 amide bonds. The smallest absolute Gasteiger partial charge is 0.312 e. The van der Waals surface area contributed by atoms with E-state index < -0.39 is 17.9 Å². The predicted molar refractivity (Wildman–Crippen MR) is 92.2 cm³/mol. The SMILES string of the molecule is CNC(=O)C1CN(C(=O)C(=O)N2CCC(n3cc(C)cn3)CC2)CCO1. The van der Waals surface area contributed by atoms with Crippen LogP contribution in [0.1, 0.15) is 24.4 Å². The minimum atomic E-state index is -0.723. The van der Waals surface area contributed by atoms with Crippen molar-refractivity contribution < 1.29 is 19.1 Å². The summed E-state index contributed by atoms with van der Waals surface area (Å²) in [4.78, 5) is 39.8. The van der Waals surface area contributed by atoms with Gasteiger partial charge >= 0.3 is 11.8 Å². The molecule has 26 heavy (non-hydrogen) atoms. The van der Waals surface area contributed by atoms with E-state index in [0.29, 0.717) is 19.6 Å². The van der Waals surface area contributed by atoms with Crippen molar-refractivity contribution in [3.8, 4) is 0 Å². The number of carbonyl (C=O) groups is 3. The number of nitrogens with one attached hydrogen (secondary N) is 1. The largest absolute Gasteiger partial charge is 0.365 e. The standard InChI is InChI=1S/C17H25N5O4/c1-12-9-19-22(10-12)13-3-5-20(6-4-13)16(24)17(25)21-7-8-26-14(11-21)15(23)18-2/h9-10,13-14H,3-8,11H2,1-2H3,(H,18,23). The van der Waals surface area contributed by atoms with Gasteiger partial charge in [-0.2, -0.15) is 5.10 Å². The Morgan fingerprint density at radius 1 is 1.15 bits per heavy atom. The average molecular weight is 363 g/mol. The number of aryl methyl sites for hydroxylation is 1. The summed E-state index contributed by atoms with van der Waals surface area (Å²) in [5.41, 5.74) is 1.11. The number of piperidine rings is 1. The lowest BCUT2D eigenvalue weighted by atomic mass is 10.1. The molecule has 0 bridgehead atoms. The summed E-state index contributed by atoms with van der Waals surface area (Å²) in [5.74, 6) is -1.35. The van der Waals surface area contributed by atoms with E-state index in [0.717, 1.165) is 18.4 Å². The molecule has 3 heterocycles. The van der Waals surface area contributed by atoms with Crippen molar-refractivity contribution in [2.45, 2.75) is 31.9 Å². The molecule has 2 fully saturated rings. The zero-order valence-corrected chi connectivity index (χ0v) is 15.2. The van der Waals surface area contributed by atoms with Crippen molar-refractivity contribution in [2.75, 3.05) is 39.8 Å². The Balaban J connectivity index is 1.54. The molecule has 0 aromatic carbocycles. The number of nitrogens with zero attached hydrogens (tertiary/aromatic N) is 4. The van der Waals surface area contributed by atoms with E-state index in [9.17, 15) is 14.4 Å². The summed E-state index contributed by atoms with van der Waals surface area (Å²) >= 11 is 0. The van der Waals surface area contributed by atoms with Gasteiger partial charge in [-0.25, -0.2) is 0 Å². The number of amides is 3. The van der Waals surface area contributed by atoms with E-state index in [1.807, 2.05) is 24.0 Å². The second kappa shape index (κ2) is 7.86. The van der Waals surface area contributed by atoms with E-state index in [4.69, 9.17) is 4.74 Å². The Bertz CT molecular complexity index is 680. The molecular formula is C17H25N5O4. The summed E-state index contributed by atoms with van der Waals surface area (Å²) in [6.07, 6.45) is 4.63. The molecule has 1 atom stereocenters. The third kappa shape index (κ3) is 3.87. The normalized spacial score (nSPS) is 21.5. The lowest BCUT2D eigenvalue weighted by Crippen LogP contribution is -2.55. The lowest BCUT2D eigenvalue weighted by Gasteiger charge is -2.35. The fraction of sp³-hybridized carbons (Fsp3) is 0.647. The first-order valence-corrected chi connectivity index (χ1v) is 8.91. The molecule has 9 heteroatoms. The van der Waals surface area contributed by atoms with E-state index in [1.54, 1.807) is 4.90 Å². The number of hydrogen-bond donors (Lipinski definition) is 1. The first kappa shape index (κ1) is 18.4. The van der Waals surface area contributed by atoms with Crippen LogP contribution in [0.15, 0.2) is 12.4 Å². The second-order valence-electron chi connectivity index (χ2n) is 6.75. The lowest BCUT2D eigenvalue weighted by molar-refractivity contribution is -0.158. The van der Waals surface area contributed by atoms with Crippen LogP contribution in [0.4, 0.5) is 0 Å². The number of likely N-dealkylation sites (N-methyl/N-ethyl adjacent to an activating group) is 1. The predicted octanol–water partition coefficient (Wildman–Crippen LogP) is -0.672. The average Bonchev–Trinajstić information content (AvgIpc) is 3.12. The Hall–Kier alpha value is -2.42. The van der Waals surface area contributed by atoms with E-state index >= 15 is 0 Å². The van der Waals surface area contributed by atoms with Gasteiger partial charge in [-0.15, -0.1) is 0 Å². The van der Waals surface area contributed by atoms with Crippen LogP contribution in [0.3, 0.4) is 0 Å². The maximum absolute atomic E-state index is 12.6. The van der Waals surface area contributed by atoms with Crippen molar-refractivity contribution in [1.82, 2.24) is 24.9 Å². The highest BCUT2D eigenvalue weighted by atomic mass is 16.5. The van der Waals surface area contributed by atoms with Gasteiger partial charge in [-0.3, -0.25) is 19.1 Å². The quantitative estimate of drug-likeness (QED) is 0.703. The Kier molecular flexibility index (Phi) is 5.55. The topological polar surface area (TPSA) is 96.8 Å². The van der Waals surface area contributed by atoms with Gasteiger partial charge in [0.25, 0.3) is 5.91 Å². The van der Waals surface area contributed by atoms with Gasteiger partial charge in [0.2, 0.25) is 0 Å². The molecule has 2 aliphatic rings. The van der Waals surface area contributed by atoms with E-state index in [-0.39, 0.29) is 25.1 Å². The maximum Gasteiger partial charge on any atom is 0.312 e. The number of aromatic nitrogens is 2. The van der Waals surface area contributed by atoms with Gasteiger partial charge in [-0.05, 0) is 25.3 Å². The van der Waals surface area contributed by atoms with Crippen LogP contribution in [-0.2, 0) is 19.1 Å². The third-order valence-electron chi connectivity index (χ3n) is 4.93. The van der Waals surface area contributed by atoms with Crippen LogP contribution in [0.2, 0.25) is 0 Å². The molecule has 9 nitrogen and oxygen atoms in total. The van der Waals surface area contributed by atoms with Crippen LogP contribution in [0, 0.1) is 6.92 Å². The molecule has 3 rings (SSSR count). The molecule has 0 saturated carbocycles. The molecule has 0 aliphatic carbocycles. The zero-order valence-electron chi connectivity index (χ0n) is 15.2. The van der Waals surface area contributed by atoms with E-state index in [1.165, 1.54) is 11.9 Å². The minimum absolute atomic E-state index is 0.104. The summed E-state index contributed by atoms with van der Waals surface area (Å²) in [6.45, 7) is 3.72. The number of rotatable bonds is 2. The Morgan fingerprint density at radius 3 is 2.46 bits per heavy atom. The van der Waals surface area contributed by atoms with Crippen LogP contribution >= 0.6 is 0 Å². The van der Waals surface area contributed by atoms with Gasteiger partial charge in [-0.1, -0.05) is 0 Å². The fourth-order valence-electron chi connectivity index (χ4n) is 3.39. The number of likely N-dealkylation sites (tertiary alicyclic amines) is 1. The molecule has 2 aliphatic heterocycles. The first-order valence-electron chi connectivity index (χ1n) is 8.91. The van der Waals surface area contributed by atoms with Gasteiger partial charge in [0.1, 0.15) is 0 Å². The fourth-order valence-corrected chi connectivity index (χ4v) is 3.39. The molecule has 0 radical (unpaired) electrons. The van der Waals surface area contributed by atoms with Crippen molar-refractivity contribution in [1.29, 1.82) is 0 Å². The van der Waals surface area contributed by atoms with Crippen LogP contribution in [0.5, 0.6) is 0 Å². The summed E-state index contributed by atoms with van der Waals surface area (Å²) in [5, 5.41) is 6.84. The summed E-state index contributed by atoms with van der Waals surface area (Å²) in [7, 11) is 1.52. The van der Waals surface area contributed by atoms with Gasteiger partial charge in [0.05, 0.1) is 25.4 Å². The van der Waals surface area contributed by atoms with Crippen LogP contribution < -0.4 is 5.32 Å². The van der Waals surface area contributed by atoms with Crippen molar-refractivity contribution in [3.63, 3.8) is 0 Å². The van der Waals surface area contributed by atoms with Gasteiger partial charge in [0.15, 0.2) is 6.10 Å². The van der Waals surface area contributed by atoms with Crippen LogP contribution in [0.25, 0.3) is 0 Å². The summed E-state index contributed by atoms with van der Waals surface area (Å²) < 4.78 is 7.30. The molecule has 1 aromatic rings. The molecular weight excluding hydrogens is 338 g/mol. The first-order chi connectivity index (χ1) is 12.5. The van der Waals surface area contributed by atoms with Gasteiger partial charge < -0.3 is 19.9 Å². The monoisotopic (exact) mass is 363 g/mol. The molecule has 142 valence electrons. The number of carbonyl (C=O) groups excluding carboxylic acids is 3. The van der Waals surface area contributed by atoms with Crippen LogP contribution in [-0.4, -0.2) is 83.2 Å². The highest BCUT2D eigenvalue weighted by molar-refractivity contribution is 6.35. The zero-order chi connectivity index (χ0) is 18.7. The van der Waals surface area contributed by atoms with Crippen molar-refractivity contribution >= 4 is 17.7 Å². The van der Waals surface area contributed by atoms with Crippen molar-refractivity contribution in [3.05, 3.63) is 18.0 Å². The number of morpholine rings is 1. The highest BCUT2D eigenvalue weighted by Crippen LogP contribution is 2.22. The number of ether oxygens (including phenoxy) is 1. The Labute approximate surface area is 152 Å². The highest BCUT2D eigenvalue weighted by Gasteiger charge is 2.35. The molecule has 1 aromatic heterocycles. The number of hydrogen-bond acceptors (Lipinski definition) is 5. The van der Waals surface area contributed by atoms with Gasteiger partial charge in [0, 0.05) is 32.9 Å². The van der Waals surface area contributed by atoms with Crippen molar-refractivity contribution in [2.24, 2.45) is 0 Å². The molecule has 1 N–H and O–H groups in total. The minimum Gasteiger partial charge on any atom is -0.365 e. The van der Waals surface area contributed by atoms with E-state index in [2.05, 4.69) is 10.4 Å².